The van der Waals surface area contributed by atoms with Gasteiger partial charge < -0.3 is 4.74 Å². The first-order valence-electron chi connectivity index (χ1n) is 11.0. The normalized spacial score (nSPS) is 15.3. The summed E-state index contributed by atoms with van der Waals surface area (Å²) in [5, 5.41) is 0. The van der Waals surface area contributed by atoms with E-state index >= 15 is 0 Å². The number of para-hydroxylation sites is 1. The first kappa shape index (κ1) is 26.9. The molecule has 3 heteroatoms. The second kappa shape index (κ2) is 12.1. The number of benzene rings is 1. The Bertz CT molecular complexity index is 784. The molecule has 2 rings (SSSR count). The van der Waals surface area contributed by atoms with Gasteiger partial charge >= 0.3 is 73.1 Å². The third-order valence-corrected chi connectivity index (χ3v) is 11.3. The molecular weight excluding hydrogens is 416 g/mol. The van der Waals surface area contributed by atoms with Gasteiger partial charge in [0.25, 0.3) is 0 Å². The number of allylic oxidation sites excluding steroid dienone is 7. The second-order valence-electron chi connectivity index (χ2n) is 10.4. The molecule has 0 saturated heterocycles. The first-order valence-corrected chi connectivity index (χ1v) is 17.4. The molecule has 0 radical (unpaired) electrons. The fourth-order valence-electron chi connectivity index (χ4n) is 2.64. The van der Waals surface area contributed by atoms with Crippen LogP contribution >= 0.6 is 0 Å². The predicted molar refractivity (Wildman–Crippen MR) is 133 cm³/mol. The molecule has 0 aliphatic heterocycles. The third kappa shape index (κ3) is 10.3. The maximum absolute atomic E-state index is 5.80. The summed E-state index contributed by atoms with van der Waals surface area (Å²) in [6.07, 6.45) is 10.0. The SMILES string of the molecule is CC(=CC(=COc1ccccc1)C(C)(C)C)C(C)(C)C.CC1=[C]([Ti][SiH](C)C)CC=C1. The van der Waals surface area contributed by atoms with Gasteiger partial charge in [0.05, 0.1) is 6.26 Å². The molecule has 0 bridgehead atoms. The molecule has 1 aromatic carbocycles. The molecule has 0 heterocycles. The Morgan fingerprint density at radius 3 is 2.03 bits per heavy atom. The summed E-state index contributed by atoms with van der Waals surface area (Å²) >= 11 is 0.350. The first-order chi connectivity index (χ1) is 13.8. The number of rotatable bonds is 5. The van der Waals surface area contributed by atoms with Crippen molar-refractivity contribution >= 4 is 6.66 Å². The molecule has 0 spiro atoms. The Hall–Kier alpha value is -1.09. The van der Waals surface area contributed by atoms with Crippen molar-refractivity contribution in [2.24, 2.45) is 10.8 Å². The van der Waals surface area contributed by atoms with E-state index in [9.17, 15) is 0 Å². The van der Waals surface area contributed by atoms with Crippen LogP contribution in [0.25, 0.3) is 0 Å². The van der Waals surface area contributed by atoms with Gasteiger partial charge in [0.1, 0.15) is 5.75 Å². The quantitative estimate of drug-likeness (QED) is 0.245. The van der Waals surface area contributed by atoms with Gasteiger partial charge in [0.15, 0.2) is 0 Å². The van der Waals surface area contributed by atoms with E-state index in [4.69, 9.17) is 4.74 Å². The average Bonchev–Trinajstić information content (AvgIpc) is 3.02. The van der Waals surface area contributed by atoms with E-state index in [1.807, 2.05) is 40.5 Å². The topological polar surface area (TPSA) is 9.23 Å². The van der Waals surface area contributed by atoms with E-state index < -0.39 is 0 Å². The molecule has 0 saturated carbocycles. The number of hydrogen-bond acceptors (Lipinski definition) is 1. The second-order valence-corrected chi connectivity index (χ2v) is 20.7. The van der Waals surface area contributed by atoms with E-state index in [2.05, 4.69) is 86.7 Å². The summed E-state index contributed by atoms with van der Waals surface area (Å²) < 4.78 is 7.62. The van der Waals surface area contributed by atoms with E-state index in [0.717, 1.165) is 5.75 Å². The van der Waals surface area contributed by atoms with Crippen molar-refractivity contribution in [1.82, 2.24) is 0 Å². The molecular formula is C27H42OSiTi. The fraction of sp³-hybridized carbons (Fsp3) is 0.481. The van der Waals surface area contributed by atoms with Crippen LogP contribution in [0.4, 0.5) is 0 Å². The predicted octanol–water partition coefficient (Wildman–Crippen LogP) is 8.27. The Balaban J connectivity index is 0.000000375. The van der Waals surface area contributed by atoms with Gasteiger partial charge in [0, 0.05) is 0 Å². The molecule has 1 aromatic rings. The molecule has 1 aliphatic rings. The zero-order valence-electron chi connectivity index (χ0n) is 20.9. The third-order valence-electron chi connectivity index (χ3n) is 5.11. The van der Waals surface area contributed by atoms with E-state index in [1.54, 1.807) is 5.57 Å². The van der Waals surface area contributed by atoms with Crippen LogP contribution in [0.1, 0.15) is 61.8 Å². The summed E-state index contributed by atoms with van der Waals surface area (Å²) in [4.78, 5) is 0. The van der Waals surface area contributed by atoms with Crippen LogP contribution in [0, 0.1) is 10.8 Å². The minimum atomic E-state index is -0.235. The van der Waals surface area contributed by atoms with Crippen LogP contribution in [0.15, 0.2) is 75.4 Å². The minimum absolute atomic E-state index is 0.0568. The van der Waals surface area contributed by atoms with Crippen molar-refractivity contribution in [2.75, 3.05) is 0 Å². The number of hydrogen-bond donors (Lipinski definition) is 0. The molecule has 0 amide bonds. The van der Waals surface area contributed by atoms with Crippen LogP contribution in [0.5, 0.6) is 5.75 Å². The van der Waals surface area contributed by atoms with Crippen LogP contribution in [0.3, 0.4) is 0 Å². The molecule has 30 heavy (non-hydrogen) atoms. The van der Waals surface area contributed by atoms with Crippen molar-refractivity contribution in [3.63, 3.8) is 0 Å². The van der Waals surface area contributed by atoms with Crippen molar-refractivity contribution in [1.29, 1.82) is 0 Å². The Morgan fingerprint density at radius 1 is 1.00 bits per heavy atom. The molecule has 0 unspecified atom stereocenters. The van der Waals surface area contributed by atoms with Crippen molar-refractivity contribution in [2.45, 2.75) is 74.9 Å². The fourth-order valence-corrected chi connectivity index (χ4v) is 8.88. The van der Waals surface area contributed by atoms with Crippen LogP contribution in [0.2, 0.25) is 13.1 Å². The van der Waals surface area contributed by atoms with Crippen LogP contribution in [-0.2, 0) is 18.4 Å². The molecule has 0 aromatic heterocycles. The van der Waals surface area contributed by atoms with Gasteiger partial charge in [-0.1, -0.05) is 71.4 Å². The van der Waals surface area contributed by atoms with E-state index in [0.29, 0.717) is 18.4 Å². The molecule has 1 nitrogen and oxygen atoms in total. The van der Waals surface area contributed by atoms with Gasteiger partial charge in [0.2, 0.25) is 0 Å². The summed E-state index contributed by atoms with van der Waals surface area (Å²) in [6.45, 7) is 22.5. The Kier molecular flexibility index (Phi) is 10.8. The van der Waals surface area contributed by atoms with E-state index in [1.165, 1.54) is 17.6 Å². The molecule has 1 aliphatic carbocycles. The monoisotopic (exact) mass is 458 g/mol. The van der Waals surface area contributed by atoms with Gasteiger partial charge in [-0.25, -0.2) is 0 Å². The van der Waals surface area contributed by atoms with Gasteiger partial charge in [-0.05, 0) is 35.5 Å². The van der Waals surface area contributed by atoms with Gasteiger partial charge in [-0.2, -0.15) is 0 Å². The van der Waals surface area contributed by atoms with E-state index in [-0.39, 0.29) is 17.5 Å². The Morgan fingerprint density at radius 2 is 1.60 bits per heavy atom. The zero-order valence-corrected chi connectivity index (χ0v) is 23.6. The zero-order chi connectivity index (χ0) is 22.9. The summed E-state index contributed by atoms with van der Waals surface area (Å²) in [5.41, 5.74) is 4.38. The summed E-state index contributed by atoms with van der Waals surface area (Å²) in [7, 11) is 0. The standard InChI is InChI=1S/C19H28O.C6H7.C2H7Si.Ti/c1-15(18(2,3)4)13-16(19(5,6)7)14-20-17-11-9-8-10-12-17;1-6-4-2-3-5-6;1-3-2;/h8-14H,1-7H3;2,4H,3H2,1H3;3H,1-2H3;. The van der Waals surface area contributed by atoms with Crippen molar-refractivity contribution in [3.05, 3.63) is 75.4 Å². The summed E-state index contributed by atoms with van der Waals surface area (Å²) in [5.74, 6) is 0.871. The van der Waals surface area contributed by atoms with Crippen molar-refractivity contribution in [3.8, 4) is 5.75 Å². The van der Waals surface area contributed by atoms with Gasteiger partial charge in [-0.3, -0.25) is 0 Å². The van der Waals surface area contributed by atoms with Gasteiger partial charge in [-0.15, -0.1) is 0 Å². The van der Waals surface area contributed by atoms with Crippen LogP contribution in [-0.4, -0.2) is 6.66 Å². The number of ether oxygens (including phenoxy) is 1. The van der Waals surface area contributed by atoms with Crippen molar-refractivity contribution < 1.29 is 23.1 Å². The maximum atomic E-state index is 5.80. The Labute approximate surface area is 196 Å². The molecule has 164 valence electrons. The average molecular weight is 459 g/mol. The molecule has 0 N–H and O–H groups in total. The molecule has 0 fully saturated rings. The molecule has 0 atom stereocenters. The summed E-state index contributed by atoms with van der Waals surface area (Å²) in [6, 6.07) is 9.89. The van der Waals surface area contributed by atoms with Crippen LogP contribution < -0.4 is 4.74 Å².